The monoisotopic (exact) mass is 350 g/mol. The molecule has 1 heterocycles. The number of carbonyl (C=O) groups excluding carboxylic acids is 2. The minimum Gasteiger partial charge on any atom is -0.294 e. The summed E-state index contributed by atoms with van der Waals surface area (Å²) in [6.45, 7) is 0.270. The topological polar surface area (TPSA) is 83.6 Å². The second-order valence-corrected chi connectivity index (χ2v) is 8.63. The lowest BCUT2D eigenvalue weighted by molar-refractivity contribution is -0.149. The van der Waals surface area contributed by atoms with Gasteiger partial charge in [0.25, 0.3) is 0 Å². The number of nitrogens with zero attached hydrogens (tertiary/aromatic N) is 1. The summed E-state index contributed by atoms with van der Waals surface area (Å²) in [6, 6.07) is 8.28. The van der Waals surface area contributed by atoms with Crippen LogP contribution >= 0.6 is 0 Å². The molecule has 2 fully saturated rings. The SMILES string of the molecule is O=C1CN(CCS(=O)(=O)c2ccccc2)C2(CCCCC2)C(=O)N1. The molecule has 1 aromatic carbocycles. The molecule has 1 aliphatic heterocycles. The highest BCUT2D eigenvalue weighted by atomic mass is 32.2. The molecule has 1 aliphatic carbocycles. The maximum Gasteiger partial charge on any atom is 0.247 e. The van der Waals surface area contributed by atoms with Crippen molar-refractivity contribution in [3.63, 3.8) is 0 Å². The zero-order valence-electron chi connectivity index (χ0n) is 13.5. The van der Waals surface area contributed by atoms with Gasteiger partial charge in [0.2, 0.25) is 11.8 Å². The number of rotatable bonds is 4. The number of amides is 2. The molecule has 1 saturated carbocycles. The van der Waals surface area contributed by atoms with Crippen molar-refractivity contribution in [2.24, 2.45) is 0 Å². The second-order valence-electron chi connectivity index (χ2n) is 6.52. The van der Waals surface area contributed by atoms with E-state index in [0.29, 0.717) is 12.8 Å². The lowest BCUT2D eigenvalue weighted by Gasteiger charge is -2.47. The van der Waals surface area contributed by atoms with Crippen LogP contribution in [0.15, 0.2) is 35.2 Å². The average molecular weight is 350 g/mol. The Morgan fingerprint density at radius 2 is 1.71 bits per heavy atom. The molecule has 2 amide bonds. The van der Waals surface area contributed by atoms with E-state index < -0.39 is 15.4 Å². The third-order valence-corrected chi connectivity index (χ3v) is 6.74. The van der Waals surface area contributed by atoms with Gasteiger partial charge in [0.05, 0.1) is 17.2 Å². The van der Waals surface area contributed by atoms with E-state index >= 15 is 0 Å². The van der Waals surface area contributed by atoms with Crippen LogP contribution in [0, 0.1) is 0 Å². The van der Waals surface area contributed by atoms with E-state index in [1.54, 1.807) is 35.2 Å². The molecule has 6 nitrogen and oxygen atoms in total. The van der Waals surface area contributed by atoms with Gasteiger partial charge in [0, 0.05) is 6.54 Å². The van der Waals surface area contributed by atoms with Gasteiger partial charge in [-0.2, -0.15) is 0 Å². The predicted octanol–water partition coefficient (Wildman–Crippen LogP) is 1.12. The summed E-state index contributed by atoms with van der Waals surface area (Å²) < 4.78 is 25.0. The van der Waals surface area contributed by atoms with Crippen molar-refractivity contribution in [1.82, 2.24) is 10.2 Å². The van der Waals surface area contributed by atoms with E-state index in [9.17, 15) is 18.0 Å². The zero-order valence-corrected chi connectivity index (χ0v) is 14.3. The maximum atomic E-state index is 12.5. The summed E-state index contributed by atoms with van der Waals surface area (Å²) in [6.07, 6.45) is 4.27. The molecule has 24 heavy (non-hydrogen) atoms. The number of imide groups is 1. The van der Waals surface area contributed by atoms with Gasteiger partial charge in [-0.3, -0.25) is 19.8 Å². The number of sulfone groups is 1. The van der Waals surface area contributed by atoms with E-state index in [0.717, 1.165) is 19.3 Å². The molecule has 7 heteroatoms. The van der Waals surface area contributed by atoms with Gasteiger partial charge >= 0.3 is 0 Å². The summed E-state index contributed by atoms with van der Waals surface area (Å²) in [7, 11) is -3.43. The van der Waals surface area contributed by atoms with Gasteiger partial charge in [-0.15, -0.1) is 0 Å². The Kier molecular flexibility index (Phi) is 4.73. The number of hydrogen-bond donors (Lipinski definition) is 1. The minimum absolute atomic E-state index is 0.0794. The molecule has 0 aromatic heterocycles. The van der Waals surface area contributed by atoms with Crippen LogP contribution in [0.25, 0.3) is 0 Å². The molecule has 1 spiro atoms. The molecule has 0 radical (unpaired) electrons. The van der Waals surface area contributed by atoms with Crippen LogP contribution in [0.2, 0.25) is 0 Å². The Morgan fingerprint density at radius 1 is 1.04 bits per heavy atom. The van der Waals surface area contributed by atoms with Crippen molar-refractivity contribution in [2.45, 2.75) is 42.5 Å². The van der Waals surface area contributed by atoms with Gasteiger partial charge in [-0.1, -0.05) is 37.5 Å². The molecule has 1 aromatic rings. The number of carbonyl (C=O) groups is 2. The lowest BCUT2D eigenvalue weighted by Crippen LogP contribution is -2.67. The third kappa shape index (κ3) is 3.23. The normalized spacial score (nSPS) is 21.7. The molecule has 130 valence electrons. The Hall–Kier alpha value is -1.73. The van der Waals surface area contributed by atoms with Crippen molar-refractivity contribution in [1.29, 1.82) is 0 Å². The molecule has 0 unspecified atom stereocenters. The first-order chi connectivity index (χ1) is 11.4. The van der Waals surface area contributed by atoms with Crippen molar-refractivity contribution in [2.75, 3.05) is 18.8 Å². The first-order valence-corrected chi connectivity index (χ1v) is 9.96. The van der Waals surface area contributed by atoms with Crippen LogP contribution in [0.1, 0.15) is 32.1 Å². The number of nitrogens with one attached hydrogen (secondary N) is 1. The Bertz CT molecular complexity index is 724. The maximum absolute atomic E-state index is 12.5. The molecule has 0 bridgehead atoms. The predicted molar refractivity (Wildman–Crippen MR) is 89.0 cm³/mol. The third-order valence-electron chi connectivity index (χ3n) is 5.03. The highest BCUT2D eigenvalue weighted by Gasteiger charge is 2.48. The summed E-state index contributed by atoms with van der Waals surface area (Å²) in [5.74, 6) is -0.719. The Balaban J connectivity index is 1.79. The Morgan fingerprint density at radius 3 is 2.38 bits per heavy atom. The molecule has 3 rings (SSSR count). The van der Waals surface area contributed by atoms with Gasteiger partial charge < -0.3 is 0 Å². The van der Waals surface area contributed by atoms with Crippen LogP contribution in [-0.4, -0.2) is 49.5 Å². The highest BCUT2D eigenvalue weighted by molar-refractivity contribution is 7.91. The number of hydrogen-bond acceptors (Lipinski definition) is 5. The fourth-order valence-corrected chi connectivity index (χ4v) is 4.97. The second kappa shape index (κ2) is 6.64. The van der Waals surface area contributed by atoms with E-state index in [1.807, 2.05) is 0 Å². The summed E-state index contributed by atoms with van der Waals surface area (Å²) in [5.41, 5.74) is -0.724. The molecule has 1 saturated heterocycles. The lowest BCUT2D eigenvalue weighted by atomic mass is 9.78. The fraction of sp³-hybridized carbons (Fsp3) is 0.529. The first-order valence-electron chi connectivity index (χ1n) is 8.31. The van der Waals surface area contributed by atoms with E-state index in [-0.39, 0.29) is 35.6 Å². The van der Waals surface area contributed by atoms with E-state index in [1.165, 1.54) is 0 Å². The standard InChI is InChI=1S/C17H22N2O4S/c20-15-13-19(17(16(21)18-15)9-5-2-6-10-17)11-12-24(22,23)14-7-3-1-4-8-14/h1,3-4,7-8H,2,5-6,9-13H2,(H,18,20,21). The Labute approximate surface area is 142 Å². The van der Waals surface area contributed by atoms with Crippen molar-refractivity contribution < 1.29 is 18.0 Å². The van der Waals surface area contributed by atoms with Crippen LogP contribution in [0.4, 0.5) is 0 Å². The van der Waals surface area contributed by atoms with Crippen LogP contribution in [-0.2, 0) is 19.4 Å². The summed E-state index contributed by atoms with van der Waals surface area (Å²) in [5, 5.41) is 2.43. The van der Waals surface area contributed by atoms with Crippen LogP contribution in [0.5, 0.6) is 0 Å². The average Bonchev–Trinajstić information content (AvgIpc) is 2.59. The van der Waals surface area contributed by atoms with Crippen molar-refractivity contribution in [3.8, 4) is 0 Å². The molecule has 2 aliphatic rings. The molecule has 0 atom stereocenters. The smallest absolute Gasteiger partial charge is 0.247 e. The van der Waals surface area contributed by atoms with Crippen molar-refractivity contribution in [3.05, 3.63) is 30.3 Å². The minimum atomic E-state index is -3.43. The van der Waals surface area contributed by atoms with Crippen LogP contribution in [0.3, 0.4) is 0 Å². The zero-order chi connectivity index (χ0) is 17.2. The molecule has 1 N–H and O–H groups in total. The molecular formula is C17H22N2O4S. The van der Waals surface area contributed by atoms with Gasteiger partial charge in [0.1, 0.15) is 5.54 Å². The van der Waals surface area contributed by atoms with Crippen LogP contribution < -0.4 is 5.32 Å². The summed E-state index contributed by atoms with van der Waals surface area (Å²) >= 11 is 0. The first kappa shape index (κ1) is 17.1. The number of benzene rings is 1. The van der Waals surface area contributed by atoms with E-state index in [2.05, 4.69) is 5.32 Å². The number of piperazine rings is 1. The molecular weight excluding hydrogens is 328 g/mol. The van der Waals surface area contributed by atoms with Gasteiger partial charge in [-0.05, 0) is 25.0 Å². The summed E-state index contributed by atoms with van der Waals surface area (Å²) in [4.78, 5) is 26.3. The highest BCUT2D eigenvalue weighted by Crippen LogP contribution is 2.35. The fourth-order valence-electron chi connectivity index (χ4n) is 3.70. The van der Waals surface area contributed by atoms with Gasteiger partial charge in [-0.25, -0.2) is 8.42 Å². The van der Waals surface area contributed by atoms with Gasteiger partial charge in [0.15, 0.2) is 9.84 Å². The van der Waals surface area contributed by atoms with Crippen molar-refractivity contribution >= 4 is 21.7 Å². The quantitative estimate of drug-likeness (QED) is 0.823. The van der Waals surface area contributed by atoms with E-state index in [4.69, 9.17) is 0 Å². The largest absolute Gasteiger partial charge is 0.294 e.